The van der Waals surface area contributed by atoms with Crippen molar-refractivity contribution >= 4 is 47.0 Å². The van der Waals surface area contributed by atoms with E-state index in [1.807, 2.05) is 20.8 Å². The van der Waals surface area contributed by atoms with Gasteiger partial charge in [0.15, 0.2) is 0 Å². The number of para-hydroxylation sites is 4. The maximum absolute atomic E-state index is 10.6. The molecule has 0 spiro atoms. The van der Waals surface area contributed by atoms with E-state index >= 15 is 0 Å². The SMILES string of the molecule is CC(C)c1nn(-c2ccc(Cl)cc2)c(O)c1C=Nc1ccccc1O.CCc1nn(-c2ccc(Cl)cc2)c(O)c1C=Nc1ccccc1O.[Cr]. The van der Waals surface area contributed by atoms with E-state index in [2.05, 4.69) is 20.2 Å². The van der Waals surface area contributed by atoms with Crippen molar-refractivity contribution in [1.82, 2.24) is 19.6 Å². The van der Waals surface area contributed by atoms with E-state index in [0.717, 1.165) is 0 Å². The molecule has 6 rings (SSSR count). The van der Waals surface area contributed by atoms with Crippen LogP contribution < -0.4 is 0 Å². The normalized spacial score (nSPS) is 11.2. The molecule has 0 atom stereocenters. The molecule has 0 radical (unpaired) electrons. The molecule has 2 heterocycles. The Hall–Kier alpha value is -5.05. The topological polar surface area (TPSA) is 141 Å². The van der Waals surface area contributed by atoms with Crippen molar-refractivity contribution in [3.8, 4) is 34.6 Å². The molecular formula is C37H34Cl2CrN6O4. The van der Waals surface area contributed by atoms with Crippen molar-refractivity contribution < 1.29 is 37.8 Å². The van der Waals surface area contributed by atoms with Crippen LogP contribution in [0.5, 0.6) is 23.3 Å². The molecule has 10 nitrogen and oxygen atoms in total. The second-order valence-corrected chi connectivity index (χ2v) is 12.0. The number of halogens is 2. The van der Waals surface area contributed by atoms with Gasteiger partial charge in [0.05, 0.1) is 33.9 Å². The Balaban J connectivity index is 0.000000220. The number of aromatic nitrogens is 4. The zero-order chi connectivity index (χ0) is 35.1. The maximum Gasteiger partial charge on any atom is 0.223 e. The summed E-state index contributed by atoms with van der Waals surface area (Å²) in [6, 6.07) is 27.6. The number of aryl methyl sites for hydroxylation is 1. The summed E-state index contributed by atoms with van der Waals surface area (Å²) in [6.45, 7) is 5.93. The molecule has 0 aliphatic heterocycles. The summed E-state index contributed by atoms with van der Waals surface area (Å²) in [4.78, 5) is 8.55. The molecule has 0 saturated heterocycles. The number of nitrogens with zero attached hydrogens (tertiary/aromatic N) is 6. The van der Waals surface area contributed by atoms with Gasteiger partial charge in [-0.25, -0.2) is 9.36 Å². The first-order chi connectivity index (χ1) is 23.6. The maximum atomic E-state index is 10.6. The van der Waals surface area contributed by atoms with Crippen molar-refractivity contribution in [2.75, 3.05) is 0 Å². The third-order valence-corrected chi connectivity index (χ3v) is 7.86. The van der Waals surface area contributed by atoms with Crippen molar-refractivity contribution in [3.05, 3.63) is 130 Å². The quantitative estimate of drug-likeness (QED) is 0.115. The number of hydrogen-bond donors (Lipinski definition) is 4. The molecule has 0 unspecified atom stereocenters. The predicted molar refractivity (Wildman–Crippen MR) is 195 cm³/mol. The first-order valence-electron chi connectivity index (χ1n) is 15.4. The molecule has 0 bridgehead atoms. The zero-order valence-corrected chi connectivity index (χ0v) is 30.1. The fourth-order valence-corrected chi connectivity index (χ4v) is 5.04. The van der Waals surface area contributed by atoms with Gasteiger partial charge in [-0.3, -0.25) is 9.98 Å². The van der Waals surface area contributed by atoms with E-state index in [0.29, 0.717) is 61.7 Å². The molecule has 0 amide bonds. The fraction of sp³-hybridized carbons (Fsp3) is 0.135. The van der Waals surface area contributed by atoms with Crippen LogP contribution in [0, 0.1) is 0 Å². The Kier molecular flexibility index (Phi) is 12.9. The van der Waals surface area contributed by atoms with Crippen LogP contribution in [0.4, 0.5) is 11.4 Å². The molecule has 6 aromatic rings. The number of phenols is 2. The van der Waals surface area contributed by atoms with Crippen molar-refractivity contribution in [3.63, 3.8) is 0 Å². The van der Waals surface area contributed by atoms with Crippen molar-refractivity contribution in [1.29, 1.82) is 0 Å². The number of aliphatic imine (C=N–C) groups is 2. The van der Waals surface area contributed by atoms with Gasteiger partial charge in [-0.1, -0.05) is 68.2 Å². The molecule has 2 aromatic heterocycles. The van der Waals surface area contributed by atoms with Crippen LogP contribution in [0.1, 0.15) is 49.2 Å². The van der Waals surface area contributed by atoms with Crippen LogP contribution >= 0.6 is 23.2 Å². The number of phenolic OH excluding ortho intramolecular Hbond substituents is 2. The van der Waals surface area contributed by atoms with Gasteiger partial charge in [-0.05, 0) is 85.1 Å². The van der Waals surface area contributed by atoms with E-state index in [9.17, 15) is 20.4 Å². The fourth-order valence-electron chi connectivity index (χ4n) is 4.79. The summed E-state index contributed by atoms with van der Waals surface area (Å²) in [5.74, 6) is 0.231. The Morgan fingerprint density at radius 2 is 1.06 bits per heavy atom. The molecule has 0 aliphatic carbocycles. The summed E-state index contributed by atoms with van der Waals surface area (Å²) in [5.41, 5.74) is 4.73. The van der Waals surface area contributed by atoms with Crippen LogP contribution in [0.15, 0.2) is 107 Å². The van der Waals surface area contributed by atoms with Gasteiger partial charge in [-0.15, -0.1) is 0 Å². The average molecular weight is 750 g/mol. The van der Waals surface area contributed by atoms with E-state index in [1.165, 1.54) is 21.8 Å². The predicted octanol–water partition coefficient (Wildman–Crippen LogP) is 9.06. The standard InChI is InChI=1S/C19H18ClN3O2.C18H16ClN3O2.Cr/c1-12(2)18-15(11-21-16-5-3-4-6-17(16)24)19(25)23(22-18)14-9-7-13(20)8-10-14;1-2-15-14(11-20-16-5-3-4-6-17(16)23)18(24)22(21-15)13-9-7-12(19)8-10-13;/h3-12,24-25H,1-2H3;3-11,23-24H,2H2,1H3;. The largest absolute Gasteiger partial charge is 0.506 e. The summed E-state index contributed by atoms with van der Waals surface area (Å²) in [7, 11) is 0. The molecule has 50 heavy (non-hydrogen) atoms. The molecule has 4 N–H and O–H groups in total. The summed E-state index contributed by atoms with van der Waals surface area (Å²) in [5, 5.41) is 51.0. The van der Waals surface area contributed by atoms with E-state index in [-0.39, 0.29) is 46.5 Å². The molecule has 4 aromatic carbocycles. The second-order valence-electron chi connectivity index (χ2n) is 11.1. The van der Waals surface area contributed by atoms with Crippen LogP contribution in [-0.4, -0.2) is 52.4 Å². The van der Waals surface area contributed by atoms with Gasteiger partial charge in [0, 0.05) is 39.8 Å². The van der Waals surface area contributed by atoms with Crippen LogP contribution in [0.2, 0.25) is 10.0 Å². The van der Waals surface area contributed by atoms with Crippen LogP contribution in [0.25, 0.3) is 11.4 Å². The molecule has 0 aliphatic rings. The first kappa shape index (κ1) is 37.8. The Morgan fingerprint density at radius 1 is 0.640 bits per heavy atom. The first-order valence-corrected chi connectivity index (χ1v) is 16.1. The van der Waals surface area contributed by atoms with Crippen LogP contribution in [0.3, 0.4) is 0 Å². The van der Waals surface area contributed by atoms with Gasteiger partial charge in [0.2, 0.25) is 11.8 Å². The molecular weight excluding hydrogens is 715 g/mol. The van der Waals surface area contributed by atoms with Gasteiger partial charge in [-0.2, -0.15) is 10.2 Å². The van der Waals surface area contributed by atoms with Crippen LogP contribution in [-0.2, 0) is 23.8 Å². The minimum Gasteiger partial charge on any atom is -0.506 e. The number of rotatable bonds is 8. The Morgan fingerprint density at radius 3 is 1.50 bits per heavy atom. The third kappa shape index (κ3) is 8.75. The minimum atomic E-state index is -0.00908. The Bertz CT molecular complexity index is 2110. The van der Waals surface area contributed by atoms with Gasteiger partial charge in [0.1, 0.15) is 22.9 Å². The summed E-state index contributed by atoms with van der Waals surface area (Å²) in [6.07, 6.45) is 3.68. The van der Waals surface area contributed by atoms with Gasteiger partial charge < -0.3 is 20.4 Å². The smallest absolute Gasteiger partial charge is 0.223 e. The summed E-state index contributed by atoms with van der Waals surface area (Å²) < 4.78 is 2.90. The average Bonchev–Trinajstić information content (AvgIpc) is 3.60. The van der Waals surface area contributed by atoms with E-state index in [1.54, 1.807) is 97.1 Å². The zero-order valence-electron chi connectivity index (χ0n) is 27.3. The monoisotopic (exact) mass is 748 g/mol. The molecule has 0 fully saturated rings. The van der Waals surface area contributed by atoms with Crippen molar-refractivity contribution in [2.24, 2.45) is 9.98 Å². The number of aromatic hydroxyl groups is 4. The van der Waals surface area contributed by atoms with Crippen molar-refractivity contribution in [2.45, 2.75) is 33.1 Å². The Labute approximate surface area is 310 Å². The molecule has 13 heteroatoms. The van der Waals surface area contributed by atoms with E-state index < -0.39 is 0 Å². The van der Waals surface area contributed by atoms with Gasteiger partial charge in [0.25, 0.3) is 0 Å². The molecule has 256 valence electrons. The summed E-state index contributed by atoms with van der Waals surface area (Å²) >= 11 is 11.8. The molecule has 0 saturated carbocycles. The third-order valence-electron chi connectivity index (χ3n) is 7.35. The minimum absolute atomic E-state index is 0. The number of benzene rings is 4. The second kappa shape index (κ2) is 17.1. The number of hydrogen-bond acceptors (Lipinski definition) is 8. The van der Waals surface area contributed by atoms with Gasteiger partial charge >= 0.3 is 0 Å². The van der Waals surface area contributed by atoms with E-state index in [4.69, 9.17) is 23.2 Å².